The van der Waals surface area contributed by atoms with Gasteiger partial charge in [-0.1, -0.05) is 12.1 Å². The predicted molar refractivity (Wildman–Crippen MR) is 117 cm³/mol. The number of hydrogen-bond acceptors (Lipinski definition) is 7. The summed E-state index contributed by atoms with van der Waals surface area (Å²) < 4.78 is 11.3. The van der Waals surface area contributed by atoms with Crippen LogP contribution in [0.25, 0.3) is 15.8 Å². The minimum atomic E-state index is -0.422. The minimum absolute atomic E-state index is 0.110. The number of carbonyl (C=O) groups is 1. The minimum Gasteiger partial charge on any atom is -0.510 e. The molecule has 4 rings (SSSR count). The van der Waals surface area contributed by atoms with E-state index in [1.807, 2.05) is 31.2 Å². The van der Waals surface area contributed by atoms with E-state index in [9.17, 15) is 9.90 Å². The van der Waals surface area contributed by atoms with Gasteiger partial charge in [0.25, 0.3) is 0 Å². The van der Waals surface area contributed by atoms with Crippen molar-refractivity contribution >= 4 is 44.6 Å². The Labute approximate surface area is 177 Å². The van der Waals surface area contributed by atoms with Crippen molar-refractivity contribution in [3.63, 3.8) is 0 Å². The number of aliphatic hydroxyl groups excluding tert-OH is 1. The van der Waals surface area contributed by atoms with Gasteiger partial charge in [-0.15, -0.1) is 11.3 Å². The number of aliphatic hydroxyl groups is 1. The lowest BCUT2D eigenvalue weighted by Gasteiger charge is -2.18. The van der Waals surface area contributed by atoms with Crippen LogP contribution in [0.2, 0.25) is 0 Å². The number of aromatic nitrogens is 1. The van der Waals surface area contributed by atoms with Crippen LogP contribution in [0.3, 0.4) is 0 Å². The zero-order valence-corrected chi connectivity index (χ0v) is 17.2. The number of para-hydroxylation sites is 1. The van der Waals surface area contributed by atoms with Crippen LogP contribution in [-0.2, 0) is 9.47 Å². The number of nitrogens with one attached hydrogen (secondary N) is 1. The summed E-state index contributed by atoms with van der Waals surface area (Å²) >= 11 is 1.45. The molecule has 30 heavy (non-hydrogen) atoms. The predicted octanol–water partition coefficient (Wildman–Crippen LogP) is 4.26. The van der Waals surface area contributed by atoms with Gasteiger partial charge in [0.15, 0.2) is 0 Å². The second kappa shape index (κ2) is 8.64. The molecule has 1 aliphatic rings. The highest BCUT2D eigenvalue weighted by atomic mass is 32.1. The molecule has 0 saturated carbocycles. The Bertz CT molecular complexity index is 1090. The molecular formula is C22H21N3O4S. The van der Waals surface area contributed by atoms with E-state index in [2.05, 4.69) is 4.98 Å². The van der Waals surface area contributed by atoms with Gasteiger partial charge in [0.05, 0.1) is 34.5 Å². The van der Waals surface area contributed by atoms with Gasteiger partial charge in [-0.3, -0.25) is 5.41 Å². The van der Waals surface area contributed by atoms with Crippen LogP contribution in [0.4, 0.5) is 5.69 Å². The summed E-state index contributed by atoms with van der Waals surface area (Å²) in [5.41, 5.74) is 2.41. The fraction of sp³-hybridized carbons (Fsp3) is 0.227. The number of ether oxygens (including phenoxy) is 2. The molecule has 7 nitrogen and oxygen atoms in total. The Balaban J connectivity index is 1.48. The first kappa shape index (κ1) is 20.1. The quantitative estimate of drug-likeness (QED) is 0.436. The molecule has 2 heterocycles. The summed E-state index contributed by atoms with van der Waals surface area (Å²) in [4.78, 5) is 18.3. The lowest BCUT2D eigenvalue weighted by Crippen LogP contribution is -2.26. The molecule has 0 amide bonds. The highest BCUT2D eigenvalue weighted by Gasteiger charge is 2.31. The first-order valence-electron chi connectivity index (χ1n) is 9.58. The van der Waals surface area contributed by atoms with Crippen LogP contribution in [0.1, 0.15) is 22.3 Å². The van der Waals surface area contributed by atoms with Crippen molar-refractivity contribution in [2.24, 2.45) is 0 Å². The second-order valence-corrected chi connectivity index (χ2v) is 7.65. The average Bonchev–Trinajstić information content (AvgIpc) is 3.31. The average molecular weight is 423 g/mol. The molecular weight excluding hydrogens is 402 g/mol. The topological polar surface area (TPSA) is 95.7 Å². The van der Waals surface area contributed by atoms with Gasteiger partial charge in [0.1, 0.15) is 23.2 Å². The number of nitrogens with zero attached hydrogens (tertiary/aromatic N) is 2. The Kier molecular flexibility index (Phi) is 5.78. The highest BCUT2D eigenvalue weighted by Crippen LogP contribution is 2.35. The molecule has 8 heteroatoms. The molecule has 1 aromatic heterocycles. The van der Waals surface area contributed by atoms with E-state index in [0.717, 1.165) is 10.2 Å². The number of anilines is 1. The van der Waals surface area contributed by atoms with E-state index < -0.39 is 5.97 Å². The van der Waals surface area contributed by atoms with Crippen LogP contribution in [0, 0.1) is 5.41 Å². The molecule has 0 aliphatic carbocycles. The van der Waals surface area contributed by atoms with Crippen molar-refractivity contribution in [3.8, 4) is 0 Å². The normalized spacial score (nSPS) is 14.0. The Morgan fingerprint density at radius 2 is 1.97 bits per heavy atom. The zero-order chi connectivity index (χ0) is 21.1. The first-order chi connectivity index (χ1) is 14.6. The third-order valence-corrected chi connectivity index (χ3v) is 5.74. The molecule has 0 spiro atoms. The van der Waals surface area contributed by atoms with Crippen molar-refractivity contribution < 1.29 is 19.4 Å². The fourth-order valence-corrected chi connectivity index (χ4v) is 4.24. The monoisotopic (exact) mass is 423 g/mol. The van der Waals surface area contributed by atoms with Gasteiger partial charge in [0, 0.05) is 12.3 Å². The highest BCUT2D eigenvalue weighted by molar-refractivity contribution is 7.19. The number of benzene rings is 2. The summed E-state index contributed by atoms with van der Waals surface area (Å²) in [6, 6.07) is 14.5. The van der Waals surface area contributed by atoms with Crippen LogP contribution >= 0.6 is 11.3 Å². The molecule has 154 valence electrons. The number of rotatable bonds is 7. The smallest absolute Gasteiger partial charge is 0.338 e. The van der Waals surface area contributed by atoms with Crippen molar-refractivity contribution in [1.29, 1.82) is 5.41 Å². The van der Waals surface area contributed by atoms with E-state index in [4.69, 9.17) is 14.9 Å². The van der Waals surface area contributed by atoms with Gasteiger partial charge in [-0.2, -0.15) is 0 Å². The second-order valence-electron chi connectivity index (χ2n) is 6.62. The lowest BCUT2D eigenvalue weighted by atomic mass is 10.2. The maximum atomic E-state index is 12.1. The van der Waals surface area contributed by atoms with Crippen LogP contribution in [0.5, 0.6) is 0 Å². The Hall–Kier alpha value is -3.23. The summed E-state index contributed by atoms with van der Waals surface area (Å²) in [5, 5.41) is 19.7. The molecule has 2 N–H and O–H groups in total. The van der Waals surface area contributed by atoms with E-state index in [-0.39, 0.29) is 24.7 Å². The molecule has 0 unspecified atom stereocenters. The SMILES string of the molecule is CCOCCOC(=O)c1ccc(N2CC(O)=C(c3nc4ccccc4s3)C2=N)cc1. The van der Waals surface area contributed by atoms with Crippen molar-refractivity contribution in [2.75, 3.05) is 31.3 Å². The van der Waals surface area contributed by atoms with Gasteiger partial charge in [-0.05, 0) is 43.3 Å². The van der Waals surface area contributed by atoms with E-state index in [1.54, 1.807) is 29.2 Å². The molecule has 0 bridgehead atoms. The van der Waals surface area contributed by atoms with Gasteiger partial charge >= 0.3 is 5.97 Å². The van der Waals surface area contributed by atoms with Gasteiger partial charge in [-0.25, -0.2) is 9.78 Å². The molecule has 0 saturated heterocycles. The zero-order valence-electron chi connectivity index (χ0n) is 16.4. The third-order valence-electron chi connectivity index (χ3n) is 4.69. The number of hydrogen-bond donors (Lipinski definition) is 2. The van der Waals surface area contributed by atoms with Gasteiger partial charge in [0.2, 0.25) is 0 Å². The molecule has 2 aromatic carbocycles. The van der Waals surface area contributed by atoms with Gasteiger partial charge < -0.3 is 19.5 Å². The first-order valence-corrected chi connectivity index (χ1v) is 10.4. The van der Waals surface area contributed by atoms with Crippen molar-refractivity contribution in [3.05, 3.63) is 64.9 Å². The number of thiazole rings is 1. The number of carbonyl (C=O) groups excluding carboxylic acids is 1. The Morgan fingerprint density at radius 3 is 2.70 bits per heavy atom. The summed E-state index contributed by atoms with van der Waals surface area (Å²) in [5.74, 6) is -0.133. The van der Waals surface area contributed by atoms with Crippen LogP contribution in [-0.4, -0.2) is 48.3 Å². The standard InChI is InChI=1S/C22H21N3O4S/c1-2-28-11-12-29-22(27)14-7-9-15(10-8-14)25-13-17(26)19(20(25)23)21-24-16-5-3-4-6-18(16)30-21/h3-10,23,26H,2,11-13H2,1H3. The summed E-state index contributed by atoms with van der Waals surface area (Å²) in [6.45, 7) is 3.21. The van der Waals surface area contributed by atoms with E-state index in [0.29, 0.717) is 35.0 Å². The van der Waals surface area contributed by atoms with Crippen LogP contribution in [0.15, 0.2) is 54.3 Å². The number of fused-ring (bicyclic) bond motifs is 1. The lowest BCUT2D eigenvalue weighted by molar-refractivity contribution is 0.0335. The fourth-order valence-electron chi connectivity index (χ4n) is 3.20. The molecule has 1 aliphatic heterocycles. The van der Waals surface area contributed by atoms with E-state index >= 15 is 0 Å². The third kappa shape index (κ3) is 3.92. The van der Waals surface area contributed by atoms with Crippen molar-refractivity contribution in [2.45, 2.75) is 6.92 Å². The summed E-state index contributed by atoms with van der Waals surface area (Å²) in [7, 11) is 0. The maximum Gasteiger partial charge on any atom is 0.338 e. The largest absolute Gasteiger partial charge is 0.510 e. The Morgan fingerprint density at radius 1 is 1.20 bits per heavy atom. The molecule has 0 fully saturated rings. The molecule has 0 atom stereocenters. The summed E-state index contributed by atoms with van der Waals surface area (Å²) in [6.07, 6.45) is 0. The van der Waals surface area contributed by atoms with E-state index in [1.165, 1.54) is 11.3 Å². The van der Waals surface area contributed by atoms with Crippen LogP contribution < -0.4 is 4.90 Å². The molecule has 0 radical (unpaired) electrons. The molecule has 3 aromatic rings. The van der Waals surface area contributed by atoms with Crippen molar-refractivity contribution in [1.82, 2.24) is 4.98 Å². The number of esters is 1. The maximum absolute atomic E-state index is 12.1. The number of amidine groups is 1.